The molecular weight excluding hydrogens is 371 g/mol. The second-order valence-corrected chi connectivity index (χ2v) is 5.73. The van der Waals surface area contributed by atoms with Crippen LogP contribution in [0.25, 0.3) is 10.4 Å². The Bertz CT molecular complexity index is 505. The number of pyridine rings is 1. The second kappa shape index (κ2) is 7.53. The molecule has 1 amide bonds. The lowest BCUT2D eigenvalue weighted by molar-refractivity contribution is -0.119. The number of carbonyl (C=O) groups excluding carboxylic acids is 1. The fourth-order valence-electron chi connectivity index (χ4n) is 2.14. The lowest BCUT2D eigenvalue weighted by atomic mass is 10.2. The van der Waals surface area contributed by atoms with E-state index in [2.05, 4.69) is 48.6 Å². The van der Waals surface area contributed by atoms with Crippen LogP contribution in [-0.4, -0.2) is 53.4 Å². The zero-order chi connectivity index (χ0) is 14.4. The van der Waals surface area contributed by atoms with E-state index in [1.807, 2.05) is 17.2 Å². The summed E-state index contributed by atoms with van der Waals surface area (Å²) in [5.41, 5.74) is 9.39. The zero-order valence-corrected chi connectivity index (χ0v) is 13.1. The third kappa shape index (κ3) is 4.71. The monoisotopic (exact) mass is 386 g/mol. The first-order valence-corrected chi connectivity index (χ1v) is 7.38. The van der Waals surface area contributed by atoms with Gasteiger partial charge in [0.2, 0.25) is 5.91 Å². The lowest BCUT2D eigenvalue weighted by Crippen LogP contribution is -2.47. The first-order chi connectivity index (χ1) is 9.67. The molecule has 0 saturated carbocycles. The van der Waals surface area contributed by atoms with E-state index in [-0.39, 0.29) is 6.54 Å². The molecule has 1 saturated heterocycles. The number of aromatic nitrogens is 1. The van der Waals surface area contributed by atoms with Gasteiger partial charge in [-0.05, 0) is 44.9 Å². The van der Waals surface area contributed by atoms with Gasteiger partial charge in [-0.25, -0.2) is 0 Å². The van der Waals surface area contributed by atoms with Crippen molar-refractivity contribution in [2.45, 2.75) is 6.54 Å². The molecule has 0 radical (unpaired) electrons. The van der Waals surface area contributed by atoms with Gasteiger partial charge in [0.05, 0.1) is 6.54 Å². The second-order valence-electron chi connectivity index (χ2n) is 4.62. The number of azide groups is 1. The molecule has 20 heavy (non-hydrogen) atoms. The molecule has 0 aromatic carbocycles. The van der Waals surface area contributed by atoms with Crippen LogP contribution in [0, 0.1) is 3.70 Å². The molecule has 0 aliphatic carbocycles. The van der Waals surface area contributed by atoms with Crippen molar-refractivity contribution in [1.82, 2.24) is 14.8 Å². The highest BCUT2D eigenvalue weighted by Gasteiger charge is 2.18. The molecule has 7 nitrogen and oxygen atoms in total. The average Bonchev–Trinajstić information content (AvgIpc) is 2.44. The molecule has 1 aromatic rings. The molecule has 0 N–H and O–H groups in total. The van der Waals surface area contributed by atoms with Crippen LogP contribution in [0.4, 0.5) is 0 Å². The summed E-state index contributed by atoms with van der Waals surface area (Å²) < 4.78 is 0.993. The number of hydrogen-bond acceptors (Lipinski definition) is 4. The molecule has 2 rings (SSSR count). The summed E-state index contributed by atoms with van der Waals surface area (Å²) >= 11 is 2.19. The summed E-state index contributed by atoms with van der Waals surface area (Å²) in [6.07, 6.45) is 1.90. The summed E-state index contributed by atoms with van der Waals surface area (Å²) in [5.74, 6) is -0.414. The lowest BCUT2D eigenvalue weighted by Gasteiger charge is -2.33. The molecule has 1 aliphatic heterocycles. The SMILES string of the molecule is [N-]=[N+]=NC(=O)CN1CCN(Cc2ccc(I)nc2)CC1. The number of rotatable bonds is 4. The highest BCUT2D eigenvalue weighted by atomic mass is 127. The van der Waals surface area contributed by atoms with Crippen molar-refractivity contribution in [3.05, 3.63) is 38.0 Å². The van der Waals surface area contributed by atoms with Crippen molar-refractivity contribution in [3.8, 4) is 0 Å². The van der Waals surface area contributed by atoms with Crippen LogP contribution in [0.5, 0.6) is 0 Å². The first kappa shape index (κ1) is 15.2. The molecule has 1 fully saturated rings. The Morgan fingerprint density at radius 1 is 1.35 bits per heavy atom. The van der Waals surface area contributed by atoms with E-state index in [1.165, 1.54) is 5.56 Å². The molecule has 0 spiro atoms. The van der Waals surface area contributed by atoms with Gasteiger partial charge in [0.25, 0.3) is 0 Å². The number of nitrogens with zero attached hydrogens (tertiary/aromatic N) is 6. The van der Waals surface area contributed by atoms with Crippen LogP contribution in [0.2, 0.25) is 0 Å². The van der Waals surface area contributed by atoms with Crippen LogP contribution in [0.1, 0.15) is 5.56 Å². The third-order valence-corrected chi connectivity index (χ3v) is 3.81. The quantitative estimate of drug-likeness (QED) is 0.259. The van der Waals surface area contributed by atoms with Gasteiger partial charge >= 0.3 is 0 Å². The smallest absolute Gasteiger partial charge is 0.232 e. The largest absolute Gasteiger partial charge is 0.296 e. The van der Waals surface area contributed by atoms with Crippen LogP contribution in [-0.2, 0) is 11.3 Å². The van der Waals surface area contributed by atoms with E-state index >= 15 is 0 Å². The molecule has 106 valence electrons. The van der Waals surface area contributed by atoms with Gasteiger partial charge in [-0.2, -0.15) is 0 Å². The van der Waals surface area contributed by atoms with Gasteiger partial charge in [0.15, 0.2) is 0 Å². The van der Waals surface area contributed by atoms with E-state index in [0.717, 1.165) is 36.4 Å². The number of amides is 1. The summed E-state index contributed by atoms with van der Waals surface area (Å²) in [7, 11) is 0. The normalized spacial score (nSPS) is 16.6. The van der Waals surface area contributed by atoms with E-state index in [9.17, 15) is 4.79 Å². The molecule has 1 aliphatic rings. The van der Waals surface area contributed by atoms with Crippen LogP contribution < -0.4 is 0 Å². The average molecular weight is 386 g/mol. The maximum atomic E-state index is 11.2. The predicted molar refractivity (Wildman–Crippen MR) is 82.8 cm³/mol. The standard InChI is InChI=1S/C12H15IN6O/c13-11-2-1-10(7-15-11)8-18-3-5-19(6-4-18)9-12(20)16-17-14/h1-2,7H,3-6,8-9H2. The van der Waals surface area contributed by atoms with E-state index < -0.39 is 5.91 Å². The van der Waals surface area contributed by atoms with Crippen molar-refractivity contribution in [2.75, 3.05) is 32.7 Å². The summed E-state index contributed by atoms with van der Waals surface area (Å²) in [5, 5.41) is 3.09. The Morgan fingerprint density at radius 3 is 2.65 bits per heavy atom. The van der Waals surface area contributed by atoms with E-state index in [0.29, 0.717) is 0 Å². The zero-order valence-electron chi connectivity index (χ0n) is 10.9. The van der Waals surface area contributed by atoms with Crippen molar-refractivity contribution < 1.29 is 4.79 Å². The summed E-state index contributed by atoms with van der Waals surface area (Å²) in [6.45, 7) is 4.51. The van der Waals surface area contributed by atoms with Gasteiger partial charge in [0, 0.05) is 43.8 Å². The van der Waals surface area contributed by atoms with Crippen molar-refractivity contribution >= 4 is 28.5 Å². The molecule has 2 heterocycles. The highest BCUT2D eigenvalue weighted by Crippen LogP contribution is 2.09. The predicted octanol–water partition coefficient (Wildman–Crippen LogP) is 1.64. The Balaban J connectivity index is 1.78. The summed E-state index contributed by atoms with van der Waals surface area (Å²) in [6, 6.07) is 4.09. The van der Waals surface area contributed by atoms with E-state index in [4.69, 9.17) is 5.53 Å². The molecule has 1 aromatic heterocycles. The fraction of sp³-hybridized carbons (Fsp3) is 0.500. The minimum absolute atomic E-state index is 0.211. The molecular formula is C12H15IN6O. The van der Waals surface area contributed by atoms with E-state index in [1.54, 1.807) is 0 Å². The van der Waals surface area contributed by atoms with Gasteiger partial charge in [-0.3, -0.25) is 19.6 Å². The number of carbonyl (C=O) groups is 1. The van der Waals surface area contributed by atoms with Crippen molar-refractivity contribution in [2.24, 2.45) is 5.11 Å². The maximum Gasteiger partial charge on any atom is 0.232 e. The third-order valence-electron chi connectivity index (χ3n) is 3.17. The van der Waals surface area contributed by atoms with Gasteiger partial charge in [0.1, 0.15) is 3.70 Å². The first-order valence-electron chi connectivity index (χ1n) is 6.30. The minimum Gasteiger partial charge on any atom is -0.296 e. The van der Waals surface area contributed by atoms with Crippen LogP contribution >= 0.6 is 22.6 Å². The Hall–Kier alpha value is -1.22. The topological polar surface area (TPSA) is 85.2 Å². The number of hydrogen-bond donors (Lipinski definition) is 0. The highest BCUT2D eigenvalue weighted by molar-refractivity contribution is 14.1. The molecule has 8 heteroatoms. The van der Waals surface area contributed by atoms with Crippen molar-refractivity contribution in [1.29, 1.82) is 0 Å². The fourth-order valence-corrected chi connectivity index (χ4v) is 2.46. The van der Waals surface area contributed by atoms with Gasteiger partial charge in [-0.1, -0.05) is 6.07 Å². The Morgan fingerprint density at radius 2 is 2.05 bits per heavy atom. The Labute approximate surface area is 130 Å². The molecule has 0 atom stereocenters. The number of halogens is 1. The van der Waals surface area contributed by atoms with Crippen LogP contribution in [0.15, 0.2) is 23.4 Å². The van der Waals surface area contributed by atoms with Gasteiger partial charge in [-0.15, -0.1) is 0 Å². The molecule has 0 bridgehead atoms. The Kier molecular flexibility index (Phi) is 5.72. The maximum absolute atomic E-state index is 11.2. The summed E-state index contributed by atoms with van der Waals surface area (Å²) in [4.78, 5) is 22.4. The minimum atomic E-state index is -0.414. The van der Waals surface area contributed by atoms with Crippen LogP contribution in [0.3, 0.4) is 0 Å². The van der Waals surface area contributed by atoms with Gasteiger partial charge < -0.3 is 0 Å². The van der Waals surface area contributed by atoms with Crippen molar-refractivity contribution in [3.63, 3.8) is 0 Å². The molecule has 0 unspecified atom stereocenters. The number of piperazine rings is 1.